The van der Waals surface area contributed by atoms with Crippen molar-refractivity contribution in [3.05, 3.63) is 65.2 Å². The molecule has 0 heterocycles. The second-order valence-corrected chi connectivity index (χ2v) is 11.1. The third kappa shape index (κ3) is 6.59. The van der Waals surface area contributed by atoms with Gasteiger partial charge in [0.05, 0.1) is 11.9 Å². The lowest BCUT2D eigenvalue weighted by atomic mass is 10.1. The van der Waals surface area contributed by atoms with Gasteiger partial charge in [-0.2, -0.15) is 0 Å². The van der Waals surface area contributed by atoms with E-state index in [9.17, 15) is 18.0 Å². The summed E-state index contributed by atoms with van der Waals surface area (Å²) in [6.07, 6.45) is 5.15. The molecule has 7 nitrogen and oxygen atoms in total. The summed E-state index contributed by atoms with van der Waals surface area (Å²) in [5.41, 5.74) is 3.23. The largest absolute Gasteiger partial charge is 0.352 e. The molecule has 1 aliphatic carbocycles. The molecular formula is C26H35N3O4S. The van der Waals surface area contributed by atoms with E-state index in [1.807, 2.05) is 44.2 Å². The minimum absolute atomic E-state index is 0.130. The lowest BCUT2D eigenvalue weighted by Crippen LogP contribution is -2.52. The Bertz CT molecular complexity index is 1130. The standard InChI is InChI=1S/C26H35N3O4S/c1-19-10-9-15-24(16-19)29(34(4,32)33)18-25(30)28(17-22-12-6-5-11-20(22)2)21(3)26(31)27-23-13-7-8-14-23/h5-6,9-12,15-16,21,23H,7-8,13-14,17-18H2,1-4H3,(H,27,31)/t21-/m1/s1. The smallest absolute Gasteiger partial charge is 0.244 e. The van der Waals surface area contributed by atoms with Gasteiger partial charge < -0.3 is 10.2 Å². The van der Waals surface area contributed by atoms with Gasteiger partial charge in [-0.25, -0.2) is 8.42 Å². The van der Waals surface area contributed by atoms with Gasteiger partial charge in [0, 0.05) is 12.6 Å². The van der Waals surface area contributed by atoms with E-state index < -0.39 is 22.0 Å². The van der Waals surface area contributed by atoms with E-state index in [-0.39, 0.29) is 25.0 Å². The van der Waals surface area contributed by atoms with Gasteiger partial charge in [0.1, 0.15) is 12.6 Å². The molecular weight excluding hydrogens is 450 g/mol. The zero-order valence-electron chi connectivity index (χ0n) is 20.5. The zero-order valence-corrected chi connectivity index (χ0v) is 21.3. The summed E-state index contributed by atoms with van der Waals surface area (Å²) in [5, 5.41) is 3.07. The molecule has 2 aromatic rings. The summed E-state index contributed by atoms with van der Waals surface area (Å²) in [6, 6.07) is 14.1. The van der Waals surface area contributed by atoms with Crippen molar-refractivity contribution in [1.29, 1.82) is 0 Å². The van der Waals surface area contributed by atoms with Crippen LogP contribution < -0.4 is 9.62 Å². The Kier molecular flexibility index (Phi) is 8.36. The van der Waals surface area contributed by atoms with Crippen molar-refractivity contribution in [3.63, 3.8) is 0 Å². The number of nitrogens with one attached hydrogen (secondary N) is 1. The number of benzene rings is 2. The molecule has 34 heavy (non-hydrogen) atoms. The highest BCUT2D eigenvalue weighted by atomic mass is 32.2. The van der Waals surface area contributed by atoms with Crippen molar-refractivity contribution in [2.75, 3.05) is 17.1 Å². The molecule has 0 bridgehead atoms. The van der Waals surface area contributed by atoms with Crippen molar-refractivity contribution >= 4 is 27.5 Å². The Balaban J connectivity index is 1.89. The van der Waals surface area contributed by atoms with Crippen LogP contribution in [0.2, 0.25) is 0 Å². The van der Waals surface area contributed by atoms with Crippen molar-refractivity contribution in [1.82, 2.24) is 10.2 Å². The Hall–Kier alpha value is -2.87. The number of carbonyl (C=O) groups is 2. The number of sulfonamides is 1. The van der Waals surface area contributed by atoms with E-state index in [1.54, 1.807) is 25.1 Å². The van der Waals surface area contributed by atoms with E-state index in [0.717, 1.165) is 52.9 Å². The lowest BCUT2D eigenvalue weighted by Gasteiger charge is -2.32. The molecule has 0 saturated heterocycles. The molecule has 0 aliphatic heterocycles. The maximum Gasteiger partial charge on any atom is 0.244 e. The molecule has 0 unspecified atom stereocenters. The zero-order chi connectivity index (χ0) is 24.9. The first-order valence-electron chi connectivity index (χ1n) is 11.7. The monoisotopic (exact) mass is 485 g/mol. The number of hydrogen-bond donors (Lipinski definition) is 1. The normalized spacial score (nSPS) is 15.1. The summed E-state index contributed by atoms with van der Waals surface area (Å²) in [4.78, 5) is 28.2. The van der Waals surface area contributed by atoms with E-state index in [2.05, 4.69) is 5.32 Å². The fraction of sp³-hybridized carbons (Fsp3) is 0.462. The highest BCUT2D eigenvalue weighted by molar-refractivity contribution is 7.92. The van der Waals surface area contributed by atoms with Crippen LogP contribution in [0.1, 0.15) is 49.3 Å². The average molecular weight is 486 g/mol. The van der Waals surface area contributed by atoms with Gasteiger partial charge in [0.25, 0.3) is 0 Å². The van der Waals surface area contributed by atoms with Crippen molar-refractivity contribution in [2.24, 2.45) is 0 Å². The number of anilines is 1. The van der Waals surface area contributed by atoms with Crippen molar-refractivity contribution in [2.45, 2.75) is 65.1 Å². The SMILES string of the molecule is Cc1cccc(N(CC(=O)N(Cc2ccccc2C)[C@H](C)C(=O)NC2CCCC2)S(C)(=O)=O)c1. The number of nitrogens with zero attached hydrogens (tertiary/aromatic N) is 2. The number of hydrogen-bond acceptors (Lipinski definition) is 4. The Morgan fingerprint density at radius 3 is 2.35 bits per heavy atom. The predicted octanol–water partition coefficient (Wildman–Crippen LogP) is 3.55. The van der Waals surface area contributed by atoms with Crippen LogP contribution in [0.25, 0.3) is 0 Å². The van der Waals surface area contributed by atoms with Gasteiger partial charge in [-0.3, -0.25) is 13.9 Å². The van der Waals surface area contributed by atoms with Crippen LogP contribution >= 0.6 is 0 Å². The lowest BCUT2D eigenvalue weighted by molar-refractivity contribution is -0.139. The maximum atomic E-state index is 13.6. The summed E-state index contributed by atoms with van der Waals surface area (Å²) in [7, 11) is -3.72. The summed E-state index contributed by atoms with van der Waals surface area (Å²) in [6.45, 7) is 5.37. The molecule has 3 rings (SSSR count). The average Bonchev–Trinajstić information content (AvgIpc) is 3.28. The highest BCUT2D eigenvalue weighted by Gasteiger charge is 2.31. The third-order valence-electron chi connectivity index (χ3n) is 6.44. The number of amides is 2. The minimum atomic E-state index is -3.72. The van der Waals surface area contributed by atoms with Crippen LogP contribution in [0.5, 0.6) is 0 Å². The quantitative estimate of drug-likeness (QED) is 0.589. The number of carbonyl (C=O) groups excluding carboxylic acids is 2. The van der Waals surface area contributed by atoms with E-state index in [0.29, 0.717) is 5.69 Å². The van der Waals surface area contributed by atoms with Crippen molar-refractivity contribution in [3.8, 4) is 0 Å². The molecule has 184 valence electrons. The maximum absolute atomic E-state index is 13.6. The molecule has 1 aliphatic rings. The molecule has 0 radical (unpaired) electrons. The van der Waals surface area contributed by atoms with E-state index >= 15 is 0 Å². The summed E-state index contributed by atoms with van der Waals surface area (Å²) < 4.78 is 26.4. The molecule has 2 aromatic carbocycles. The van der Waals surface area contributed by atoms with Crippen LogP contribution in [0.3, 0.4) is 0 Å². The summed E-state index contributed by atoms with van der Waals surface area (Å²) >= 11 is 0. The van der Waals surface area contributed by atoms with Gasteiger partial charge >= 0.3 is 0 Å². The van der Waals surface area contributed by atoms with Crippen LogP contribution in [0.15, 0.2) is 48.5 Å². The first kappa shape index (κ1) is 25.7. The topological polar surface area (TPSA) is 86.8 Å². The molecule has 2 amide bonds. The Morgan fingerprint density at radius 2 is 1.74 bits per heavy atom. The number of aryl methyl sites for hydroxylation is 2. The van der Waals surface area contributed by atoms with Gasteiger partial charge in [-0.15, -0.1) is 0 Å². The van der Waals surface area contributed by atoms with E-state index in [1.165, 1.54) is 4.90 Å². The first-order chi connectivity index (χ1) is 16.1. The van der Waals surface area contributed by atoms with Crippen LogP contribution in [0, 0.1) is 13.8 Å². The van der Waals surface area contributed by atoms with Gasteiger partial charge in [0.15, 0.2) is 0 Å². The molecule has 0 spiro atoms. The van der Waals surface area contributed by atoms with E-state index in [4.69, 9.17) is 0 Å². The third-order valence-corrected chi connectivity index (χ3v) is 7.58. The van der Waals surface area contributed by atoms with Gasteiger partial charge in [-0.05, 0) is 62.4 Å². The fourth-order valence-corrected chi connectivity index (χ4v) is 5.18. The molecule has 8 heteroatoms. The van der Waals surface area contributed by atoms with Gasteiger partial charge in [0.2, 0.25) is 21.8 Å². The van der Waals surface area contributed by atoms with Crippen LogP contribution in [0.4, 0.5) is 5.69 Å². The predicted molar refractivity (Wildman–Crippen MR) is 135 cm³/mol. The minimum Gasteiger partial charge on any atom is -0.352 e. The molecule has 1 fully saturated rings. The van der Waals surface area contributed by atoms with Crippen molar-refractivity contribution < 1.29 is 18.0 Å². The highest BCUT2D eigenvalue weighted by Crippen LogP contribution is 2.22. The fourth-order valence-electron chi connectivity index (χ4n) is 4.34. The Labute approximate surface area is 203 Å². The molecule has 1 saturated carbocycles. The Morgan fingerprint density at radius 1 is 1.06 bits per heavy atom. The molecule has 1 atom stereocenters. The van der Waals surface area contributed by atoms with Gasteiger partial charge in [-0.1, -0.05) is 49.2 Å². The molecule has 0 aromatic heterocycles. The first-order valence-corrected chi connectivity index (χ1v) is 13.6. The van der Waals surface area contributed by atoms with Crippen LogP contribution in [-0.4, -0.2) is 50.0 Å². The second kappa shape index (κ2) is 11.0. The second-order valence-electron chi connectivity index (χ2n) is 9.22. The van der Waals surface area contributed by atoms with Crippen LogP contribution in [-0.2, 0) is 26.2 Å². The number of rotatable bonds is 9. The molecule has 1 N–H and O–H groups in total. The summed E-state index contributed by atoms with van der Waals surface area (Å²) in [5.74, 6) is -0.639.